The number of rotatable bonds is 2. The summed E-state index contributed by atoms with van der Waals surface area (Å²) in [5.41, 5.74) is 6.64. The zero-order chi connectivity index (χ0) is 12.5. The zero-order valence-electron chi connectivity index (χ0n) is 8.78. The molecule has 0 amide bonds. The van der Waals surface area contributed by atoms with E-state index >= 15 is 0 Å². The first-order valence-electron chi connectivity index (χ1n) is 4.89. The van der Waals surface area contributed by atoms with Gasteiger partial charge in [-0.2, -0.15) is 13.2 Å². The summed E-state index contributed by atoms with van der Waals surface area (Å²) >= 11 is 0. The van der Waals surface area contributed by atoms with E-state index in [4.69, 9.17) is 5.73 Å². The highest BCUT2D eigenvalue weighted by Crippen LogP contribution is 2.24. The van der Waals surface area contributed by atoms with Crippen molar-refractivity contribution in [3.05, 3.63) is 36.7 Å². The molecule has 1 heterocycles. The van der Waals surface area contributed by atoms with Crippen LogP contribution in [-0.2, 0) is 6.54 Å². The molecular formula is C11H10F3N3. The predicted molar refractivity (Wildman–Crippen MR) is 58.1 cm³/mol. The number of benzene rings is 1. The zero-order valence-corrected chi connectivity index (χ0v) is 8.78. The average Bonchev–Trinajstić information content (AvgIpc) is 2.63. The fourth-order valence-corrected chi connectivity index (χ4v) is 1.57. The minimum absolute atomic E-state index is 0.259. The number of hydrogen-bond donors (Lipinski definition) is 1. The first-order chi connectivity index (χ1) is 7.96. The monoisotopic (exact) mass is 241 g/mol. The van der Waals surface area contributed by atoms with Gasteiger partial charge >= 0.3 is 6.18 Å². The summed E-state index contributed by atoms with van der Waals surface area (Å²) in [5, 5.41) is 0. The van der Waals surface area contributed by atoms with E-state index in [0.717, 1.165) is 4.57 Å². The van der Waals surface area contributed by atoms with Crippen molar-refractivity contribution in [1.29, 1.82) is 0 Å². The molecule has 17 heavy (non-hydrogen) atoms. The van der Waals surface area contributed by atoms with Gasteiger partial charge in [-0.3, -0.25) is 0 Å². The van der Waals surface area contributed by atoms with E-state index in [9.17, 15) is 13.2 Å². The first kappa shape index (κ1) is 11.5. The molecule has 2 aromatic rings. The molecule has 1 aromatic heterocycles. The van der Waals surface area contributed by atoms with Crippen molar-refractivity contribution < 1.29 is 13.2 Å². The Bertz CT molecular complexity index is 517. The number of imidazole rings is 1. The van der Waals surface area contributed by atoms with Crippen molar-refractivity contribution in [2.24, 2.45) is 0 Å². The molecule has 2 rings (SSSR count). The summed E-state index contributed by atoms with van der Waals surface area (Å²) < 4.78 is 38.0. The number of alkyl halides is 3. The van der Waals surface area contributed by atoms with Gasteiger partial charge in [0.1, 0.15) is 12.4 Å². The molecule has 0 fully saturated rings. The van der Waals surface area contributed by atoms with Crippen molar-refractivity contribution in [1.82, 2.24) is 9.55 Å². The van der Waals surface area contributed by atoms with Crippen LogP contribution in [0.2, 0.25) is 0 Å². The fraction of sp³-hybridized carbons (Fsp3) is 0.182. The number of nitrogens with two attached hydrogens (primary N) is 1. The molecule has 0 atom stereocenters. The van der Waals surface area contributed by atoms with Crippen molar-refractivity contribution in [2.45, 2.75) is 12.7 Å². The van der Waals surface area contributed by atoms with Crippen LogP contribution in [0.4, 0.5) is 18.9 Å². The second kappa shape index (κ2) is 4.12. The summed E-state index contributed by atoms with van der Waals surface area (Å²) in [7, 11) is 0. The lowest BCUT2D eigenvalue weighted by Crippen LogP contribution is -2.17. The molecule has 0 bridgehead atoms. The molecule has 2 N–H and O–H groups in total. The van der Waals surface area contributed by atoms with E-state index in [2.05, 4.69) is 4.98 Å². The van der Waals surface area contributed by atoms with Gasteiger partial charge in [-0.15, -0.1) is 0 Å². The molecule has 3 nitrogen and oxygen atoms in total. The molecule has 0 spiro atoms. The Morgan fingerprint density at radius 3 is 2.71 bits per heavy atom. The highest BCUT2D eigenvalue weighted by atomic mass is 19.4. The van der Waals surface area contributed by atoms with Gasteiger partial charge in [0, 0.05) is 23.6 Å². The van der Waals surface area contributed by atoms with Gasteiger partial charge in [0.2, 0.25) is 0 Å². The Kier molecular flexibility index (Phi) is 2.79. The molecule has 0 aliphatic carbocycles. The van der Waals surface area contributed by atoms with Crippen LogP contribution in [0.25, 0.3) is 11.4 Å². The Hall–Kier alpha value is -1.98. The summed E-state index contributed by atoms with van der Waals surface area (Å²) in [6, 6.07) is 6.61. The molecule has 0 aliphatic rings. The van der Waals surface area contributed by atoms with E-state index in [1.54, 1.807) is 24.3 Å². The predicted octanol–water partition coefficient (Wildman–Crippen LogP) is 2.69. The van der Waals surface area contributed by atoms with Crippen molar-refractivity contribution in [3.63, 3.8) is 0 Å². The normalized spacial score (nSPS) is 11.7. The summed E-state index contributed by atoms with van der Waals surface area (Å²) in [5.74, 6) is 0.259. The van der Waals surface area contributed by atoms with Crippen LogP contribution in [0, 0.1) is 0 Å². The number of anilines is 1. The third kappa shape index (κ3) is 2.77. The molecule has 1 aromatic carbocycles. The van der Waals surface area contributed by atoms with Crippen molar-refractivity contribution in [3.8, 4) is 11.4 Å². The Morgan fingerprint density at radius 2 is 2.06 bits per heavy atom. The van der Waals surface area contributed by atoms with E-state index in [1.807, 2.05) is 0 Å². The van der Waals surface area contributed by atoms with Crippen LogP contribution < -0.4 is 5.73 Å². The van der Waals surface area contributed by atoms with Gasteiger partial charge in [0.15, 0.2) is 0 Å². The van der Waals surface area contributed by atoms with Crippen LogP contribution in [0.15, 0.2) is 36.7 Å². The van der Waals surface area contributed by atoms with Crippen molar-refractivity contribution >= 4 is 5.69 Å². The number of halogens is 3. The third-order valence-corrected chi connectivity index (χ3v) is 2.21. The highest BCUT2D eigenvalue weighted by Gasteiger charge is 2.28. The molecule has 0 saturated heterocycles. The number of aromatic nitrogens is 2. The number of nitrogens with zero attached hydrogens (tertiary/aromatic N) is 2. The maximum Gasteiger partial charge on any atom is 0.406 e. The standard InChI is InChI=1S/C11H10F3N3/c12-11(13,14)7-17-5-4-16-10(17)8-2-1-3-9(15)6-8/h1-6H,7,15H2. The van der Waals surface area contributed by atoms with Gasteiger partial charge in [-0.1, -0.05) is 12.1 Å². The Balaban J connectivity index is 2.37. The molecule has 90 valence electrons. The third-order valence-electron chi connectivity index (χ3n) is 2.21. The van der Waals surface area contributed by atoms with E-state index in [1.165, 1.54) is 12.4 Å². The summed E-state index contributed by atoms with van der Waals surface area (Å²) in [4.78, 5) is 3.92. The lowest BCUT2D eigenvalue weighted by molar-refractivity contribution is -0.140. The summed E-state index contributed by atoms with van der Waals surface area (Å²) in [6.45, 7) is -1.06. The lowest BCUT2D eigenvalue weighted by Gasteiger charge is -2.10. The SMILES string of the molecule is Nc1cccc(-c2nccn2CC(F)(F)F)c1. The van der Waals surface area contributed by atoms with Crippen LogP contribution in [-0.4, -0.2) is 15.7 Å². The molecule has 0 aliphatic heterocycles. The first-order valence-corrected chi connectivity index (χ1v) is 4.89. The second-order valence-corrected chi connectivity index (χ2v) is 3.62. The van der Waals surface area contributed by atoms with E-state index in [0.29, 0.717) is 11.3 Å². The molecule has 6 heteroatoms. The van der Waals surface area contributed by atoms with E-state index in [-0.39, 0.29) is 5.82 Å². The minimum Gasteiger partial charge on any atom is -0.399 e. The minimum atomic E-state index is -4.27. The Labute approximate surface area is 95.7 Å². The highest BCUT2D eigenvalue weighted by molar-refractivity contribution is 5.61. The number of hydrogen-bond acceptors (Lipinski definition) is 2. The quantitative estimate of drug-likeness (QED) is 0.821. The molecule has 0 unspecified atom stereocenters. The van der Waals surface area contributed by atoms with Crippen LogP contribution in [0.3, 0.4) is 0 Å². The average molecular weight is 241 g/mol. The van der Waals surface area contributed by atoms with Gasteiger partial charge in [-0.05, 0) is 12.1 Å². The molecule has 0 saturated carbocycles. The van der Waals surface area contributed by atoms with Crippen LogP contribution in [0.5, 0.6) is 0 Å². The fourth-order valence-electron chi connectivity index (χ4n) is 1.57. The number of nitrogen functional groups attached to an aromatic ring is 1. The largest absolute Gasteiger partial charge is 0.406 e. The van der Waals surface area contributed by atoms with Crippen LogP contribution >= 0.6 is 0 Å². The van der Waals surface area contributed by atoms with Gasteiger partial charge < -0.3 is 10.3 Å². The molecule has 0 radical (unpaired) electrons. The second-order valence-electron chi connectivity index (χ2n) is 3.62. The maximum atomic E-state index is 12.3. The summed E-state index contributed by atoms with van der Waals surface area (Å²) in [6.07, 6.45) is -1.63. The topological polar surface area (TPSA) is 43.8 Å². The smallest absolute Gasteiger partial charge is 0.399 e. The lowest BCUT2D eigenvalue weighted by atomic mass is 10.2. The van der Waals surface area contributed by atoms with Crippen molar-refractivity contribution in [2.75, 3.05) is 5.73 Å². The molecular weight excluding hydrogens is 231 g/mol. The van der Waals surface area contributed by atoms with Gasteiger partial charge in [-0.25, -0.2) is 4.98 Å². The van der Waals surface area contributed by atoms with Gasteiger partial charge in [0.25, 0.3) is 0 Å². The van der Waals surface area contributed by atoms with Gasteiger partial charge in [0.05, 0.1) is 0 Å². The Morgan fingerprint density at radius 1 is 1.29 bits per heavy atom. The maximum absolute atomic E-state index is 12.3. The van der Waals surface area contributed by atoms with Crippen LogP contribution in [0.1, 0.15) is 0 Å². The van der Waals surface area contributed by atoms with E-state index < -0.39 is 12.7 Å².